The van der Waals surface area contributed by atoms with Gasteiger partial charge < -0.3 is 18.4 Å². The Labute approximate surface area is 322 Å². The summed E-state index contributed by atoms with van der Waals surface area (Å²) >= 11 is 0. The van der Waals surface area contributed by atoms with Crippen molar-refractivity contribution in [2.75, 3.05) is 0 Å². The minimum Gasteiger partial charge on any atom is -0.501 e. The van der Waals surface area contributed by atoms with Gasteiger partial charge in [-0.1, -0.05) is 103 Å². The molecule has 4 heterocycles. The van der Waals surface area contributed by atoms with E-state index in [1.54, 1.807) is 0 Å². The Morgan fingerprint density at radius 1 is 0.642 bits per heavy atom. The summed E-state index contributed by atoms with van der Waals surface area (Å²) in [4.78, 5) is 9.65. The summed E-state index contributed by atoms with van der Waals surface area (Å²) < 4.78 is 14.9. The van der Waals surface area contributed by atoms with Crippen LogP contribution in [0, 0.1) is 19.1 Å². The number of furan rings is 2. The third-order valence-corrected chi connectivity index (χ3v) is 11.8. The van der Waals surface area contributed by atoms with Crippen LogP contribution in [0.25, 0.3) is 83.2 Å². The molecular formula is C46H35IrN3O2Si-2. The summed E-state index contributed by atoms with van der Waals surface area (Å²) in [5.41, 5.74) is 10.4. The van der Waals surface area contributed by atoms with Crippen molar-refractivity contribution < 1.29 is 28.9 Å². The minimum atomic E-state index is -1.27. The monoisotopic (exact) mass is 882 g/mol. The molecule has 0 bridgehead atoms. The molecule has 0 amide bonds. The molecule has 0 N–H and O–H groups in total. The largest absolute Gasteiger partial charge is 0.501 e. The van der Waals surface area contributed by atoms with E-state index in [9.17, 15) is 0 Å². The van der Waals surface area contributed by atoms with E-state index in [0.717, 1.165) is 83.2 Å². The molecule has 10 aromatic rings. The Balaban J connectivity index is 0.000000189. The maximum atomic E-state index is 6.40. The van der Waals surface area contributed by atoms with Crippen LogP contribution >= 0.6 is 0 Å². The van der Waals surface area contributed by atoms with Gasteiger partial charge in [0.05, 0.1) is 36.2 Å². The fourth-order valence-electron chi connectivity index (χ4n) is 7.24. The van der Waals surface area contributed by atoms with Crippen molar-refractivity contribution in [1.29, 1.82) is 0 Å². The predicted octanol–water partition coefficient (Wildman–Crippen LogP) is 11.7. The normalized spacial score (nSPS) is 11.6. The number of aryl methyl sites for hydroxylation is 1. The van der Waals surface area contributed by atoms with Crippen LogP contribution in [0.5, 0.6) is 0 Å². The summed E-state index contributed by atoms with van der Waals surface area (Å²) in [5, 5.41) is 5.75. The van der Waals surface area contributed by atoms with Gasteiger partial charge in [-0.15, -0.1) is 54.1 Å². The van der Waals surface area contributed by atoms with Gasteiger partial charge in [-0.05, 0) is 48.1 Å². The molecule has 0 saturated carbocycles. The van der Waals surface area contributed by atoms with Crippen LogP contribution in [0.2, 0.25) is 19.6 Å². The zero-order valence-corrected chi connectivity index (χ0v) is 33.2. The number of fused-ring (bicyclic) bond motifs is 7. The Morgan fingerprint density at radius 3 is 2.02 bits per heavy atom. The van der Waals surface area contributed by atoms with E-state index in [1.165, 1.54) is 10.8 Å². The molecule has 53 heavy (non-hydrogen) atoms. The third-order valence-electron chi connectivity index (χ3n) is 9.65. The molecule has 0 atom stereocenters. The van der Waals surface area contributed by atoms with Crippen LogP contribution in [-0.4, -0.2) is 22.6 Å². The summed E-state index contributed by atoms with van der Waals surface area (Å²) in [6.45, 7) is 9.24. The second-order valence-electron chi connectivity index (χ2n) is 14.1. The van der Waals surface area contributed by atoms with Gasteiger partial charge in [-0.25, -0.2) is 0 Å². The standard InChI is InChI=1S/C31H17N2O2.C15H18NSi.Ir/c1-5-17-27-19(9-1)21-11-7-13-23(29(21)34-27)31-32-24-14-3-4-15-25(24)33(31)26-16-8-12-22-20-10-2-6-18-28(20)35-30(22)26;1-12-10-14(13-8-6-5-7-9-13)16-11-15(12)17(2,3)4;/h1-12,14-18H;5-8,10-11H,1-4H3;/q2*-1;. The zero-order chi connectivity index (χ0) is 35.4. The predicted molar refractivity (Wildman–Crippen MR) is 216 cm³/mol. The van der Waals surface area contributed by atoms with E-state index in [0.29, 0.717) is 0 Å². The van der Waals surface area contributed by atoms with E-state index in [2.05, 4.69) is 109 Å². The number of para-hydroxylation sites is 5. The molecule has 10 rings (SSSR count). The number of pyridine rings is 1. The van der Waals surface area contributed by atoms with E-state index >= 15 is 0 Å². The maximum Gasteiger partial charge on any atom is 0.158 e. The average Bonchev–Trinajstić information content (AvgIpc) is 3.86. The number of benzene rings is 6. The SMILES string of the molecule is Cc1cc(-c2[c-]cccc2)ncc1[Si](C)(C)C.[Ir].[c-]1ccc2c(oc3ccccc32)c1-c1nc2ccccc2n1-c1cccc2c1oc1ccccc12. The maximum absolute atomic E-state index is 6.40. The molecule has 0 spiro atoms. The molecule has 0 aliphatic rings. The Hall–Kier alpha value is -5.59. The van der Waals surface area contributed by atoms with Crippen LogP contribution in [0.15, 0.2) is 148 Å². The van der Waals surface area contributed by atoms with Gasteiger partial charge in [0.2, 0.25) is 0 Å². The molecule has 0 aliphatic heterocycles. The third kappa shape index (κ3) is 6.11. The number of rotatable bonds is 4. The molecular weight excluding hydrogens is 847 g/mol. The fraction of sp³-hybridized carbons (Fsp3) is 0.0870. The molecule has 0 unspecified atom stereocenters. The van der Waals surface area contributed by atoms with Crippen LogP contribution in [0.4, 0.5) is 0 Å². The van der Waals surface area contributed by atoms with Crippen molar-refractivity contribution in [1.82, 2.24) is 14.5 Å². The van der Waals surface area contributed by atoms with E-state index in [4.69, 9.17) is 13.8 Å². The molecule has 6 aromatic carbocycles. The summed E-state index contributed by atoms with van der Waals surface area (Å²) in [7, 11) is -1.27. The second kappa shape index (κ2) is 13.8. The zero-order valence-electron chi connectivity index (χ0n) is 29.8. The first-order valence-corrected chi connectivity index (χ1v) is 21.0. The number of hydrogen-bond donors (Lipinski definition) is 0. The van der Waals surface area contributed by atoms with E-state index in [-0.39, 0.29) is 20.1 Å². The fourth-order valence-corrected chi connectivity index (χ4v) is 8.95. The second-order valence-corrected chi connectivity index (χ2v) is 19.2. The van der Waals surface area contributed by atoms with Crippen molar-refractivity contribution in [2.45, 2.75) is 26.6 Å². The van der Waals surface area contributed by atoms with Crippen molar-refractivity contribution >= 4 is 68.2 Å². The first-order valence-electron chi connectivity index (χ1n) is 17.5. The van der Waals surface area contributed by atoms with Crippen molar-refractivity contribution in [3.05, 3.63) is 157 Å². The average molecular weight is 882 g/mol. The van der Waals surface area contributed by atoms with Gasteiger partial charge in [0, 0.05) is 42.5 Å². The van der Waals surface area contributed by atoms with E-state index in [1.807, 2.05) is 78.9 Å². The van der Waals surface area contributed by atoms with Crippen LogP contribution in [-0.2, 0) is 20.1 Å². The van der Waals surface area contributed by atoms with Gasteiger partial charge in [-0.2, -0.15) is 0 Å². The van der Waals surface area contributed by atoms with Crippen molar-refractivity contribution in [3.63, 3.8) is 0 Å². The van der Waals surface area contributed by atoms with Gasteiger partial charge in [-0.3, -0.25) is 4.98 Å². The van der Waals surface area contributed by atoms with Gasteiger partial charge >= 0.3 is 0 Å². The van der Waals surface area contributed by atoms with Crippen molar-refractivity contribution in [2.24, 2.45) is 0 Å². The number of imidazole rings is 1. The minimum absolute atomic E-state index is 0. The topological polar surface area (TPSA) is 57.0 Å². The molecule has 0 fully saturated rings. The smallest absolute Gasteiger partial charge is 0.158 e. The quantitative estimate of drug-likeness (QED) is 0.131. The Bertz CT molecular complexity index is 2920. The van der Waals surface area contributed by atoms with E-state index < -0.39 is 8.07 Å². The first-order chi connectivity index (χ1) is 25.3. The van der Waals surface area contributed by atoms with Crippen molar-refractivity contribution in [3.8, 4) is 28.3 Å². The number of hydrogen-bond acceptors (Lipinski definition) is 4. The molecule has 261 valence electrons. The Morgan fingerprint density at radius 2 is 1.30 bits per heavy atom. The Kier molecular flexibility index (Phi) is 8.95. The first kappa shape index (κ1) is 34.5. The summed E-state index contributed by atoms with van der Waals surface area (Å²) in [6.07, 6.45) is 2.05. The van der Waals surface area contributed by atoms with Gasteiger partial charge in [0.1, 0.15) is 11.2 Å². The molecule has 5 nitrogen and oxygen atoms in total. The van der Waals surface area contributed by atoms with Gasteiger partial charge in [0.15, 0.2) is 5.58 Å². The molecule has 7 heteroatoms. The molecule has 4 aromatic heterocycles. The molecule has 1 radical (unpaired) electrons. The van der Waals surface area contributed by atoms with Gasteiger partial charge in [0.25, 0.3) is 0 Å². The summed E-state index contributed by atoms with van der Waals surface area (Å²) in [6, 6.07) is 51.5. The van der Waals surface area contributed by atoms with Crippen LogP contribution in [0.3, 0.4) is 0 Å². The number of nitrogens with zero attached hydrogens (tertiary/aromatic N) is 3. The summed E-state index contributed by atoms with van der Waals surface area (Å²) in [5.74, 6) is 0.767. The van der Waals surface area contributed by atoms with Crippen LogP contribution < -0.4 is 5.19 Å². The molecule has 0 saturated heterocycles. The number of aromatic nitrogens is 3. The molecule has 0 aliphatic carbocycles. The van der Waals surface area contributed by atoms with Crippen LogP contribution in [0.1, 0.15) is 5.56 Å².